The third-order valence-corrected chi connectivity index (χ3v) is 3.65. The maximum Gasteiger partial charge on any atom is 0.241 e. The van der Waals surface area contributed by atoms with Crippen LogP contribution in [0.1, 0.15) is 12.5 Å². The molecule has 0 unspecified atom stereocenters. The van der Waals surface area contributed by atoms with Crippen molar-refractivity contribution < 1.29 is 4.79 Å². The van der Waals surface area contributed by atoms with Gasteiger partial charge in [-0.15, -0.1) is 11.8 Å². The molecule has 0 saturated heterocycles. The fourth-order valence-electron chi connectivity index (χ4n) is 1.54. The Bertz CT molecular complexity index is 475. The minimum absolute atomic E-state index is 0.00226. The number of likely N-dealkylation sites (N-methyl/N-ethyl adjacent to an activating group) is 1. The Hall–Kier alpha value is -1.27. The first-order valence-electron chi connectivity index (χ1n) is 5.97. The molecule has 104 valence electrons. The van der Waals surface area contributed by atoms with Crippen LogP contribution in [0.25, 0.3) is 0 Å². The Balaban J connectivity index is 2.96. The molecule has 6 heteroatoms. The number of nitrogens with one attached hydrogen (secondary N) is 1. The number of nitrogens with zero attached hydrogens (tertiary/aromatic N) is 1. The van der Waals surface area contributed by atoms with Gasteiger partial charge in [0.15, 0.2) is 0 Å². The second kappa shape index (κ2) is 7.35. The highest BCUT2D eigenvalue weighted by atomic mass is 32.2. The molecule has 0 aliphatic heterocycles. The summed E-state index contributed by atoms with van der Waals surface area (Å²) in [5.41, 5.74) is 7.42. The first-order chi connectivity index (χ1) is 8.97. The van der Waals surface area contributed by atoms with Crippen molar-refractivity contribution in [3.8, 4) is 0 Å². The topological polar surface area (TPSA) is 58.4 Å². The number of hydrogen-bond acceptors (Lipinski definition) is 4. The summed E-state index contributed by atoms with van der Waals surface area (Å²) in [5, 5.41) is 3.10. The molecule has 0 aliphatic rings. The van der Waals surface area contributed by atoms with Crippen LogP contribution in [0, 0.1) is 0 Å². The Labute approximate surface area is 123 Å². The maximum absolute atomic E-state index is 11.6. The maximum atomic E-state index is 11.6. The zero-order valence-corrected chi connectivity index (χ0v) is 13.0. The van der Waals surface area contributed by atoms with E-state index in [4.69, 9.17) is 18.0 Å². The predicted molar refractivity (Wildman–Crippen MR) is 85.9 cm³/mol. The summed E-state index contributed by atoms with van der Waals surface area (Å²) < 4.78 is 0. The molecule has 3 N–H and O–H groups in total. The van der Waals surface area contributed by atoms with E-state index in [9.17, 15) is 4.79 Å². The zero-order chi connectivity index (χ0) is 14.4. The summed E-state index contributed by atoms with van der Waals surface area (Å²) in [6.07, 6.45) is 0. The molecule has 0 atom stereocenters. The summed E-state index contributed by atoms with van der Waals surface area (Å²) in [6.45, 7) is 2.30. The molecule has 0 aliphatic carbocycles. The highest BCUT2D eigenvalue weighted by Gasteiger charge is 2.12. The molecule has 0 heterocycles. The molecule has 1 aromatic rings. The molecule has 0 radical (unpaired) electrons. The normalized spacial score (nSPS) is 10.1. The summed E-state index contributed by atoms with van der Waals surface area (Å²) in [4.78, 5) is 14.5. The van der Waals surface area contributed by atoms with Crippen LogP contribution in [0.5, 0.6) is 0 Å². The van der Waals surface area contributed by atoms with E-state index in [0.717, 1.165) is 21.9 Å². The standard InChI is InChI=1S/C13H19N3OS2/c1-4-19-10-7-5-6-9(12(10)13(14)18)15-8-11(17)16(2)3/h5-7,15H,4,8H2,1-3H3,(H2,14,18). The number of rotatable bonds is 6. The highest BCUT2D eigenvalue weighted by molar-refractivity contribution is 7.99. The molecule has 1 amide bonds. The number of thiocarbonyl (C=S) groups is 1. The van der Waals surface area contributed by atoms with Crippen molar-refractivity contribution >= 4 is 40.6 Å². The number of nitrogens with two attached hydrogens (primary N) is 1. The van der Waals surface area contributed by atoms with Crippen LogP contribution < -0.4 is 11.1 Å². The molecule has 19 heavy (non-hydrogen) atoms. The van der Waals surface area contributed by atoms with E-state index in [1.807, 2.05) is 18.2 Å². The van der Waals surface area contributed by atoms with Crippen molar-refractivity contribution in [2.45, 2.75) is 11.8 Å². The van der Waals surface area contributed by atoms with Crippen LogP contribution in [0.15, 0.2) is 23.1 Å². The fraction of sp³-hybridized carbons (Fsp3) is 0.385. The number of amides is 1. The van der Waals surface area contributed by atoms with Gasteiger partial charge < -0.3 is 16.0 Å². The largest absolute Gasteiger partial charge is 0.389 e. The number of benzene rings is 1. The lowest BCUT2D eigenvalue weighted by atomic mass is 10.1. The number of anilines is 1. The molecule has 1 aromatic carbocycles. The van der Waals surface area contributed by atoms with Gasteiger partial charge in [-0.2, -0.15) is 0 Å². The SMILES string of the molecule is CCSc1cccc(NCC(=O)N(C)C)c1C(N)=S. The quantitative estimate of drug-likeness (QED) is 0.621. The lowest BCUT2D eigenvalue weighted by molar-refractivity contribution is -0.126. The average Bonchev–Trinajstić information content (AvgIpc) is 2.35. The van der Waals surface area contributed by atoms with E-state index in [0.29, 0.717) is 4.99 Å². The molecule has 0 bridgehead atoms. The van der Waals surface area contributed by atoms with Crippen LogP contribution >= 0.6 is 24.0 Å². The lowest BCUT2D eigenvalue weighted by Gasteiger charge is -2.16. The Morgan fingerprint density at radius 1 is 1.47 bits per heavy atom. The fourth-order valence-corrected chi connectivity index (χ4v) is 2.67. The molecular weight excluding hydrogens is 278 g/mol. The van der Waals surface area contributed by atoms with Crippen molar-refractivity contribution in [1.82, 2.24) is 4.90 Å². The summed E-state index contributed by atoms with van der Waals surface area (Å²) in [5.74, 6) is 0.942. The number of thioether (sulfide) groups is 1. The van der Waals surface area contributed by atoms with E-state index in [1.165, 1.54) is 4.90 Å². The van der Waals surface area contributed by atoms with E-state index in [1.54, 1.807) is 25.9 Å². The van der Waals surface area contributed by atoms with Crippen molar-refractivity contribution in [1.29, 1.82) is 0 Å². The van der Waals surface area contributed by atoms with Gasteiger partial charge >= 0.3 is 0 Å². The first-order valence-corrected chi connectivity index (χ1v) is 7.36. The molecule has 0 aromatic heterocycles. The molecule has 0 saturated carbocycles. The minimum atomic E-state index is 0.00226. The van der Waals surface area contributed by atoms with Gasteiger partial charge in [0.2, 0.25) is 5.91 Å². The van der Waals surface area contributed by atoms with E-state index in [-0.39, 0.29) is 12.5 Å². The highest BCUT2D eigenvalue weighted by Crippen LogP contribution is 2.28. The van der Waals surface area contributed by atoms with Crippen LogP contribution in [0.4, 0.5) is 5.69 Å². The second-order valence-electron chi connectivity index (χ2n) is 4.12. The molecular formula is C13H19N3OS2. The van der Waals surface area contributed by atoms with Crippen LogP contribution in [-0.4, -0.2) is 42.2 Å². The Kier molecular flexibility index (Phi) is 6.11. The lowest BCUT2D eigenvalue weighted by Crippen LogP contribution is -2.29. The van der Waals surface area contributed by atoms with Crippen LogP contribution in [-0.2, 0) is 4.79 Å². The van der Waals surface area contributed by atoms with E-state index < -0.39 is 0 Å². The Morgan fingerprint density at radius 2 is 2.16 bits per heavy atom. The van der Waals surface area contributed by atoms with Gasteiger partial charge in [-0.05, 0) is 17.9 Å². The predicted octanol–water partition coefficient (Wildman–Crippen LogP) is 1.93. The second-order valence-corrected chi connectivity index (χ2v) is 5.86. The van der Waals surface area contributed by atoms with Crippen LogP contribution in [0.2, 0.25) is 0 Å². The van der Waals surface area contributed by atoms with Crippen molar-refractivity contribution in [2.24, 2.45) is 5.73 Å². The first kappa shape index (κ1) is 15.8. The summed E-state index contributed by atoms with van der Waals surface area (Å²) in [7, 11) is 3.45. The van der Waals surface area contributed by atoms with Gasteiger partial charge in [-0.25, -0.2) is 0 Å². The number of carbonyl (C=O) groups excluding carboxylic acids is 1. The number of hydrogen-bond donors (Lipinski definition) is 2. The third kappa shape index (κ3) is 4.40. The Morgan fingerprint density at radius 3 is 2.68 bits per heavy atom. The van der Waals surface area contributed by atoms with Gasteiger partial charge in [0.1, 0.15) is 4.99 Å². The van der Waals surface area contributed by atoms with Crippen molar-refractivity contribution in [3.05, 3.63) is 23.8 Å². The van der Waals surface area contributed by atoms with Gasteiger partial charge in [0.05, 0.1) is 6.54 Å². The average molecular weight is 297 g/mol. The van der Waals surface area contributed by atoms with Crippen LogP contribution in [0.3, 0.4) is 0 Å². The monoisotopic (exact) mass is 297 g/mol. The third-order valence-electron chi connectivity index (χ3n) is 2.50. The molecule has 4 nitrogen and oxygen atoms in total. The summed E-state index contributed by atoms with van der Waals surface area (Å²) >= 11 is 6.79. The smallest absolute Gasteiger partial charge is 0.241 e. The molecule has 1 rings (SSSR count). The summed E-state index contributed by atoms with van der Waals surface area (Å²) in [6, 6.07) is 5.81. The molecule has 0 spiro atoms. The minimum Gasteiger partial charge on any atom is -0.389 e. The van der Waals surface area contributed by atoms with Crippen molar-refractivity contribution in [2.75, 3.05) is 31.7 Å². The zero-order valence-electron chi connectivity index (χ0n) is 11.4. The van der Waals surface area contributed by atoms with Gasteiger partial charge in [0, 0.05) is 30.2 Å². The van der Waals surface area contributed by atoms with Gasteiger partial charge in [-0.1, -0.05) is 25.2 Å². The van der Waals surface area contributed by atoms with Gasteiger partial charge in [-0.3, -0.25) is 4.79 Å². The van der Waals surface area contributed by atoms with Gasteiger partial charge in [0.25, 0.3) is 0 Å². The molecule has 0 fully saturated rings. The van der Waals surface area contributed by atoms with E-state index in [2.05, 4.69) is 12.2 Å². The number of carbonyl (C=O) groups is 1. The van der Waals surface area contributed by atoms with Crippen molar-refractivity contribution in [3.63, 3.8) is 0 Å². The van der Waals surface area contributed by atoms with E-state index >= 15 is 0 Å².